The molecule has 0 saturated carbocycles. The molecule has 0 bridgehead atoms. The monoisotopic (exact) mass is 254 g/mol. The summed E-state index contributed by atoms with van der Waals surface area (Å²) in [4.78, 5) is 11.8. The lowest BCUT2D eigenvalue weighted by Gasteiger charge is -2.13. The van der Waals surface area contributed by atoms with Gasteiger partial charge in [-0.25, -0.2) is 0 Å². The van der Waals surface area contributed by atoms with Crippen LogP contribution in [0.25, 0.3) is 0 Å². The number of aryl methyl sites for hydroxylation is 2. The molecule has 1 aromatic rings. The SMILES string of the molecule is CCc1cc(SC)c(CCC(=O)O)cc1OC. The number of hydrogen-bond donors (Lipinski definition) is 1. The van der Waals surface area contributed by atoms with Crippen LogP contribution in [0.1, 0.15) is 24.5 Å². The average Bonchev–Trinajstić information content (AvgIpc) is 2.34. The molecule has 1 rings (SSSR count). The third kappa shape index (κ3) is 3.66. The summed E-state index contributed by atoms with van der Waals surface area (Å²) in [6.45, 7) is 2.08. The van der Waals surface area contributed by atoms with Crippen molar-refractivity contribution < 1.29 is 14.6 Å². The predicted octanol–water partition coefficient (Wildman–Crippen LogP) is 3.00. The van der Waals surface area contributed by atoms with Crippen LogP contribution in [0.2, 0.25) is 0 Å². The molecule has 0 aromatic heterocycles. The quantitative estimate of drug-likeness (QED) is 0.793. The number of carboxylic acid groups (broad SMARTS) is 1. The van der Waals surface area contributed by atoms with Gasteiger partial charge in [0.1, 0.15) is 5.75 Å². The van der Waals surface area contributed by atoms with Crippen molar-refractivity contribution in [1.82, 2.24) is 0 Å². The molecule has 3 nitrogen and oxygen atoms in total. The molecule has 0 saturated heterocycles. The molecule has 0 atom stereocenters. The van der Waals surface area contributed by atoms with Gasteiger partial charge in [0.15, 0.2) is 0 Å². The zero-order valence-corrected chi connectivity index (χ0v) is 11.3. The van der Waals surface area contributed by atoms with Crippen molar-refractivity contribution in [3.8, 4) is 5.75 Å². The maximum Gasteiger partial charge on any atom is 0.303 e. The van der Waals surface area contributed by atoms with Crippen molar-refractivity contribution in [2.45, 2.75) is 31.1 Å². The Bertz CT molecular complexity index is 402. The molecular formula is C13H18O3S. The van der Waals surface area contributed by atoms with Crippen LogP contribution in [0, 0.1) is 0 Å². The van der Waals surface area contributed by atoms with Crippen LogP contribution in [0.4, 0.5) is 0 Å². The summed E-state index contributed by atoms with van der Waals surface area (Å²) in [6, 6.07) is 4.06. The van der Waals surface area contributed by atoms with E-state index in [0.717, 1.165) is 28.2 Å². The second kappa shape index (κ2) is 6.55. The van der Waals surface area contributed by atoms with Gasteiger partial charge in [-0.2, -0.15) is 0 Å². The highest BCUT2D eigenvalue weighted by Crippen LogP contribution is 2.30. The van der Waals surface area contributed by atoms with Crippen molar-refractivity contribution in [3.63, 3.8) is 0 Å². The Morgan fingerprint density at radius 1 is 1.41 bits per heavy atom. The highest BCUT2D eigenvalue weighted by molar-refractivity contribution is 7.98. The molecule has 17 heavy (non-hydrogen) atoms. The summed E-state index contributed by atoms with van der Waals surface area (Å²) in [6.07, 6.45) is 3.62. The molecule has 4 heteroatoms. The van der Waals surface area contributed by atoms with E-state index >= 15 is 0 Å². The van der Waals surface area contributed by atoms with Gasteiger partial charge >= 0.3 is 5.97 Å². The van der Waals surface area contributed by atoms with Gasteiger partial charge in [0, 0.05) is 11.3 Å². The van der Waals surface area contributed by atoms with Crippen molar-refractivity contribution >= 4 is 17.7 Å². The summed E-state index contributed by atoms with van der Waals surface area (Å²) in [7, 11) is 1.65. The van der Waals surface area contributed by atoms with E-state index in [1.54, 1.807) is 18.9 Å². The first kappa shape index (κ1) is 13.9. The van der Waals surface area contributed by atoms with E-state index in [4.69, 9.17) is 9.84 Å². The molecule has 0 unspecified atom stereocenters. The van der Waals surface area contributed by atoms with Gasteiger partial charge in [-0.05, 0) is 42.4 Å². The normalized spacial score (nSPS) is 10.3. The average molecular weight is 254 g/mol. The fourth-order valence-electron chi connectivity index (χ4n) is 1.74. The van der Waals surface area contributed by atoms with E-state index in [1.807, 2.05) is 12.3 Å². The number of methoxy groups -OCH3 is 1. The smallest absolute Gasteiger partial charge is 0.303 e. The van der Waals surface area contributed by atoms with Crippen LogP contribution in [0.3, 0.4) is 0 Å². The fourth-order valence-corrected chi connectivity index (χ4v) is 2.42. The topological polar surface area (TPSA) is 46.5 Å². The van der Waals surface area contributed by atoms with Gasteiger partial charge in [-0.15, -0.1) is 11.8 Å². The number of carbonyl (C=O) groups is 1. The third-order valence-corrected chi connectivity index (χ3v) is 3.49. The summed E-state index contributed by atoms with van der Waals surface area (Å²) in [5.74, 6) is 0.0845. The minimum absolute atomic E-state index is 0.155. The van der Waals surface area contributed by atoms with Gasteiger partial charge in [0.25, 0.3) is 0 Å². The van der Waals surface area contributed by atoms with Crippen molar-refractivity contribution in [2.75, 3.05) is 13.4 Å². The first-order valence-electron chi connectivity index (χ1n) is 5.57. The van der Waals surface area contributed by atoms with Crippen molar-refractivity contribution in [2.24, 2.45) is 0 Å². The number of rotatable bonds is 6. The van der Waals surface area contributed by atoms with Crippen LogP contribution in [-0.2, 0) is 17.6 Å². The van der Waals surface area contributed by atoms with E-state index in [2.05, 4.69) is 13.0 Å². The maximum absolute atomic E-state index is 10.6. The number of thioether (sulfide) groups is 1. The van der Waals surface area contributed by atoms with Crippen molar-refractivity contribution in [3.05, 3.63) is 23.3 Å². The summed E-state index contributed by atoms with van der Waals surface area (Å²) >= 11 is 1.65. The Hall–Kier alpha value is -1.16. The maximum atomic E-state index is 10.6. The molecule has 94 valence electrons. The summed E-state index contributed by atoms with van der Waals surface area (Å²) in [5.41, 5.74) is 2.21. The van der Waals surface area contributed by atoms with Crippen molar-refractivity contribution in [1.29, 1.82) is 0 Å². The molecule has 0 aliphatic rings. The van der Waals surface area contributed by atoms with Gasteiger partial charge in [0.2, 0.25) is 0 Å². The second-order valence-electron chi connectivity index (χ2n) is 3.72. The van der Waals surface area contributed by atoms with Gasteiger partial charge in [-0.3, -0.25) is 4.79 Å². The van der Waals surface area contributed by atoms with Crippen LogP contribution in [0.5, 0.6) is 5.75 Å². The minimum atomic E-state index is -0.768. The molecule has 0 fully saturated rings. The first-order chi connectivity index (χ1) is 8.12. The zero-order valence-electron chi connectivity index (χ0n) is 10.4. The lowest BCUT2D eigenvalue weighted by molar-refractivity contribution is -0.136. The fraction of sp³-hybridized carbons (Fsp3) is 0.462. The van der Waals surface area contributed by atoms with E-state index in [-0.39, 0.29) is 6.42 Å². The number of aliphatic carboxylic acids is 1. The molecular weight excluding hydrogens is 236 g/mol. The third-order valence-electron chi connectivity index (χ3n) is 2.67. The van der Waals surface area contributed by atoms with E-state index in [1.165, 1.54) is 0 Å². The highest BCUT2D eigenvalue weighted by Gasteiger charge is 2.10. The molecule has 0 amide bonds. The predicted molar refractivity (Wildman–Crippen MR) is 70.1 cm³/mol. The van der Waals surface area contributed by atoms with Crippen LogP contribution in [0.15, 0.2) is 17.0 Å². The largest absolute Gasteiger partial charge is 0.496 e. The van der Waals surface area contributed by atoms with Crippen LogP contribution < -0.4 is 4.74 Å². The summed E-state index contributed by atoms with van der Waals surface area (Å²) in [5, 5.41) is 8.73. The summed E-state index contributed by atoms with van der Waals surface area (Å²) < 4.78 is 5.33. The Kier molecular flexibility index (Phi) is 5.35. The van der Waals surface area contributed by atoms with E-state index in [9.17, 15) is 4.79 Å². The zero-order chi connectivity index (χ0) is 12.8. The lowest BCUT2D eigenvalue weighted by Crippen LogP contribution is -2.00. The molecule has 0 heterocycles. The Labute approximate surface area is 106 Å². The first-order valence-corrected chi connectivity index (χ1v) is 6.80. The number of hydrogen-bond acceptors (Lipinski definition) is 3. The lowest BCUT2D eigenvalue weighted by atomic mass is 10.0. The number of carboxylic acids is 1. The molecule has 0 aliphatic heterocycles. The standard InChI is InChI=1S/C13H18O3S/c1-4-9-8-12(17-3)10(5-6-13(14)15)7-11(9)16-2/h7-8H,4-6H2,1-3H3,(H,14,15). The van der Waals surface area contributed by atoms with Gasteiger partial charge in [0.05, 0.1) is 7.11 Å². The van der Waals surface area contributed by atoms with E-state index in [0.29, 0.717) is 6.42 Å². The Morgan fingerprint density at radius 3 is 2.59 bits per heavy atom. The second-order valence-corrected chi connectivity index (χ2v) is 4.57. The van der Waals surface area contributed by atoms with E-state index < -0.39 is 5.97 Å². The molecule has 1 aromatic carbocycles. The highest BCUT2D eigenvalue weighted by atomic mass is 32.2. The molecule has 0 radical (unpaired) electrons. The van der Waals surface area contributed by atoms with Gasteiger partial charge in [-0.1, -0.05) is 6.92 Å². The molecule has 0 spiro atoms. The van der Waals surface area contributed by atoms with Crippen LogP contribution >= 0.6 is 11.8 Å². The molecule has 1 N–H and O–H groups in total. The van der Waals surface area contributed by atoms with Gasteiger partial charge < -0.3 is 9.84 Å². The number of benzene rings is 1. The Balaban J connectivity index is 3.05. The number of ether oxygens (including phenoxy) is 1. The molecule has 0 aliphatic carbocycles. The minimum Gasteiger partial charge on any atom is -0.496 e. The van der Waals surface area contributed by atoms with Crippen LogP contribution in [-0.4, -0.2) is 24.4 Å². The Morgan fingerprint density at radius 2 is 2.12 bits per heavy atom.